The summed E-state index contributed by atoms with van der Waals surface area (Å²) in [5.74, 6) is -0.342. The number of carbonyl (C=O) groups excluding carboxylic acids is 4. The lowest BCUT2D eigenvalue weighted by atomic mass is 9.98. The van der Waals surface area contributed by atoms with Crippen LogP contribution >= 0.6 is 24.4 Å². The highest BCUT2D eigenvalue weighted by Crippen LogP contribution is 2.48. The Morgan fingerprint density at radius 1 is 0.458 bits per heavy atom. The van der Waals surface area contributed by atoms with Crippen LogP contribution in [0.3, 0.4) is 0 Å². The van der Waals surface area contributed by atoms with E-state index in [1.54, 1.807) is 132 Å². The van der Waals surface area contributed by atoms with Gasteiger partial charge in [0.1, 0.15) is 55.9 Å². The summed E-state index contributed by atoms with van der Waals surface area (Å²) in [7, 11) is -7.10. The second-order valence-corrected chi connectivity index (χ2v) is 53.6. The number of isothiocyanates is 1. The largest absolute Gasteiger partial charge is 0.408 e. The Morgan fingerprint density at radius 2 is 0.771 bits per heavy atom. The van der Waals surface area contributed by atoms with Crippen molar-refractivity contribution in [2.24, 2.45) is 26.9 Å². The number of aliphatic imine (C=N–C) groups is 1. The molecule has 12 aromatic rings. The second kappa shape index (κ2) is 47.9. The number of amides is 4. The molecule has 4 saturated heterocycles. The molecule has 4 fully saturated rings. The minimum absolute atomic E-state index is 0. The first-order valence-electron chi connectivity index (χ1n) is 47.4. The highest BCUT2D eigenvalue weighted by Gasteiger charge is 2.56. The number of carbonyl (C=O) groups is 4. The van der Waals surface area contributed by atoms with Crippen molar-refractivity contribution in [3.05, 3.63) is 215 Å². The molecule has 4 aliphatic heterocycles. The zero-order valence-electron chi connectivity index (χ0n) is 83.2. The average Bonchev–Trinajstić information content (AvgIpc) is 1.61. The minimum Gasteiger partial charge on any atom is -0.408 e. The molecule has 43 nitrogen and oxygen atoms in total. The Kier molecular flexibility index (Phi) is 36.1. The molecule has 12 heterocycles. The van der Waals surface area contributed by atoms with Crippen molar-refractivity contribution >= 4 is 151 Å². The summed E-state index contributed by atoms with van der Waals surface area (Å²) in [6.45, 7) is 36.3. The molecule has 4 aromatic carbocycles. The highest BCUT2D eigenvalue weighted by molar-refractivity contribution is 7.80. The summed E-state index contributed by atoms with van der Waals surface area (Å²) in [4.78, 5) is 116. The van der Waals surface area contributed by atoms with Gasteiger partial charge in [-0.3, -0.25) is 37.4 Å². The van der Waals surface area contributed by atoms with Crippen molar-refractivity contribution in [3.8, 4) is 0 Å². The number of benzene rings is 4. The maximum atomic E-state index is 13.2. The van der Waals surface area contributed by atoms with Crippen LogP contribution in [0.2, 0.25) is 54.4 Å². The SMILES string of the molecule is C.C.C.CC(C)(C)[Si](C)(C)OC1[C@H](n2cnc3c(NC(=O)c4ccccc4)ncnc32)O[C@H](CN=[N+]=[N-])[C@H]1N=C=S.[3H]CCN[C@H]1C(O[Si](C)(C)C(C)(C)C)[C@H](n2cnc3c(NC(=O)c4ccccc4)ncnc32)O[C@@H]1CN.[3H]CCN[C@H]1[C@@H](C)[C@H](n2cnc3c(NC(=O)c4ccccc4)ncnc32)O[C@@H]1CNC(=S)N[C@H]1C(O[Si](C)(C)C(C)(C)C)[C@H](n2cnc3c(NC(=O)c4ccccc4)ncnc32)O[C@@H]1CN=[N+]=[N-]. The van der Waals surface area contributed by atoms with Gasteiger partial charge in [0, 0.05) is 59.9 Å². The summed E-state index contributed by atoms with van der Waals surface area (Å²) in [6, 6.07) is 33.8. The molecule has 144 heavy (non-hydrogen) atoms. The van der Waals surface area contributed by atoms with Crippen molar-refractivity contribution < 1.29 is 54.1 Å². The van der Waals surface area contributed by atoms with Crippen molar-refractivity contribution in [3.63, 3.8) is 0 Å². The number of hydrogen-bond donors (Lipinski definition) is 9. The monoisotopic (exact) mass is 2060 g/mol. The molecule has 4 aliphatic rings. The Morgan fingerprint density at radius 3 is 1.11 bits per heavy atom. The Labute approximate surface area is 853 Å². The molecule has 0 radical (unpaired) electrons. The van der Waals surface area contributed by atoms with E-state index >= 15 is 0 Å². The minimum atomic E-state index is -2.56. The smallest absolute Gasteiger partial charge is 0.256 e. The van der Waals surface area contributed by atoms with Gasteiger partial charge in [-0.05, 0) is 152 Å². The van der Waals surface area contributed by atoms with E-state index in [0.717, 1.165) is 0 Å². The lowest BCUT2D eigenvalue weighted by Crippen LogP contribution is -2.56. The molecule has 0 spiro atoms. The van der Waals surface area contributed by atoms with Crippen LogP contribution in [0.25, 0.3) is 65.5 Å². The molecule has 3 unspecified atom stereocenters. The first-order chi connectivity index (χ1) is 68.3. The van der Waals surface area contributed by atoms with Gasteiger partial charge >= 0.3 is 0 Å². The quantitative estimate of drug-likeness (QED) is 0.00486. The maximum absolute atomic E-state index is 13.2. The lowest BCUT2D eigenvalue weighted by molar-refractivity contribution is -0.0285. The number of fused-ring (bicyclic) bond motifs is 4. The zero-order valence-corrected chi connectivity index (χ0v) is 85.9. The van der Waals surface area contributed by atoms with Gasteiger partial charge in [-0.15, -0.1) is 0 Å². The molecule has 16 rings (SSSR count). The molecule has 4 amide bonds. The summed E-state index contributed by atoms with van der Waals surface area (Å²) < 4.78 is 69.9. The molecular formula is C96H132N32O11S2Si3. The third kappa shape index (κ3) is 24.8. The molecule has 16 atom stereocenters. The molecule has 8 aromatic heterocycles. The van der Waals surface area contributed by atoms with Crippen LogP contribution in [0, 0.1) is 5.92 Å². The number of rotatable bonds is 31. The van der Waals surface area contributed by atoms with E-state index in [-0.39, 0.29) is 147 Å². The van der Waals surface area contributed by atoms with E-state index in [9.17, 15) is 24.7 Å². The third-order valence-electron chi connectivity index (χ3n) is 26.7. The molecule has 0 aliphatic carbocycles. The summed E-state index contributed by atoms with van der Waals surface area (Å²) in [6.07, 6.45) is 5.50. The molecule has 48 heteroatoms. The number of nitrogens with one attached hydrogen (secondary N) is 8. The summed E-state index contributed by atoms with van der Waals surface area (Å²) >= 11 is 10.9. The predicted molar refractivity (Wildman–Crippen MR) is 568 cm³/mol. The van der Waals surface area contributed by atoms with Crippen molar-refractivity contribution in [2.45, 2.75) is 252 Å². The van der Waals surface area contributed by atoms with Gasteiger partial charge < -0.3 is 80.5 Å². The van der Waals surface area contributed by atoms with Gasteiger partial charge in [-0.2, -0.15) is 0 Å². The van der Waals surface area contributed by atoms with Gasteiger partial charge in [0.15, 0.2) is 117 Å². The Hall–Kier alpha value is -12.7. The van der Waals surface area contributed by atoms with Gasteiger partial charge in [0.05, 0.1) is 80.1 Å². The van der Waals surface area contributed by atoms with Crippen LogP contribution in [0.15, 0.2) is 187 Å². The topological polar surface area (TPSA) is 539 Å². The fourth-order valence-corrected chi connectivity index (χ4v) is 20.4. The number of imidazole rings is 4. The van der Waals surface area contributed by atoms with Crippen LogP contribution in [0.1, 0.15) is 174 Å². The van der Waals surface area contributed by atoms with Crippen LogP contribution in [-0.4, -0.2) is 243 Å². The van der Waals surface area contributed by atoms with E-state index in [0.29, 0.717) is 92.4 Å². The number of likely N-dealkylation sites (N-methyl/N-ethyl adjacent to an activating group) is 2. The van der Waals surface area contributed by atoms with Crippen LogP contribution in [-0.2, 0) is 32.2 Å². The van der Waals surface area contributed by atoms with Crippen molar-refractivity contribution in [2.75, 3.05) is 60.5 Å². The van der Waals surface area contributed by atoms with E-state index < -0.39 is 92.5 Å². The Bertz CT molecular complexity index is 6630. The third-order valence-corrected chi connectivity index (χ3v) is 40.5. The normalized spacial score (nSPS) is 22.2. The highest BCUT2D eigenvalue weighted by atomic mass is 32.1. The van der Waals surface area contributed by atoms with E-state index in [1.807, 2.05) is 33.4 Å². The fraction of sp³-hybridized carbons (Fsp3) is 0.479. The van der Waals surface area contributed by atoms with E-state index in [4.69, 9.17) is 70.7 Å². The number of ether oxygens (including phenoxy) is 4. The molecule has 766 valence electrons. The number of anilines is 4. The molecular weight excluding hydrogens is 1930 g/mol. The first-order valence-corrected chi connectivity index (χ1v) is 55.6. The van der Waals surface area contributed by atoms with Crippen molar-refractivity contribution in [1.82, 2.24) is 99.3 Å². The number of azide groups is 2. The van der Waals surface area contributed by atoms with E-state index in [2.05, 4.69) is 241 Å². The van der Waals surface area contributed by atoms with Crippen LogP contribution in [0.5, 0.6) is 0 Å². The number of nitrogens with zero attached hydrogens (tertiary/aromatic N) is 23. The Balaban J connectivity index is 0.000000222. The molecule has 10 N–H and O–H groups in total. The molecule has 0 saturated carbocycles. The van der Waals surface area contributed by atoms with Gasteiger partial charge in [0.2, 0.25) is 0 Å². The number of nitrogens with two attached hydrogens (primary N) is 1. The van der Waals surface area contributed by atoms with Crippen LogP contribution < -0.4 is 48.3 Å². The number of aromatic nitrogens is 16. The number of hydrogen-bond acceptors (Lipinski definition) is 31. The van der Waals surface area contributed by atoms with E-state index in [1.165, 1.54) is 25.3 Å². The zero-order chi connectivity index (χ0) is 102. The standard InChI is InChI=1S/C44H54N16O5SSi.C25H37N7O3Si.C24H29N9O3SSi.3CH4/c1-8-46-30-25(2)41(59-23-52-32-35(48-21-50-37(32)59)56-39(61)26-15-11-9-12-16-26)63-28(30)19-47-43(66)55-31-29(20-54-58-45)64-42(34(31)65-67(6,7)44(3,4)5)60-24-53-33-36(49-22-51-38(33)60)57-40(62)27-17-13-10-14-18-27;1-7-27-18-17(13-26)34-24(20(18)35-36(5,6)25(2,3)4)32-15-30-19-21(28-14-29-22(19)32)31-23(33)16-11-9-8-10-12-16;1-24(2,3)38(4,5)36-19-17(29-14-37)16(11-30-32-25)35-23(19)33-13-28-18-20(26-12-27-21(18)33)31-22(34)15-9-7-6-8-10-15;;;/h9-18,21-25,28-31,34,41-42,46H,8,19-20H2,1-7H3,(H2,47,55,66)(H,48,50,56,61)(H,49,51,57,62);8-12,14-15,17-18,20,24,27H,7,13,26H2,1-6H3,(H,28,29,31,33);6-10,12-13,16-17,19,23H,11H2,1-5H3,(H,26,27,31,34);3*1H4/t25-,28-,29-,30+,31-,34?,41-,42-;17-,18-,20?,24-;16-,17-,19?,23-;;;/m111.../s1/i2*1T;;;;. The maximum Gasteiger partial charge on any atom is 0.256 e. The van der Waals surface area contributed by atoms with Gasteiger partial charge in [-0.25, -0.2) is 64.8 Å². The lowest BCUT2D eigenvalue weighted by Gasteiger charge is -2.41. The number of thiocarbonyl (C=S) groups is 2. The molecule has 0 bridgehead atoms. The second-order valence-electron chi connectivity index (χ2n) is 38.7. The van der Waals surface area contributed by atoms with Gasteiger partial charge in [-0.1, -0.05) is 188 Å². The summed E-state index contributed by atoms with van der Waals surface area (Å²) in [5, 5.41) is 35.2. The van der Waals surface area contributed by atoms with Crippen LogP contribution in [0.4, 0.5) is 23.3 Å². The average molecular weight is 2060 g/mol. The summed E-state index contributed by atoms with van der Waals surface area (Å²) in [5.41, 5.74) is 29.9. The van der Waals surface area contributed by atoms with Crippen molar-refractivity contribution in [1.29, 1.82) is 0 Å². The predicted octanol–water partition coefficient (Wildman–Crippen LogP) is 16.5. The first kappa shape index (κ1) is 109. The fourth-order valence-electron chi connectivity index (χ4n) is 16.2. The van der Waals surface area contributed by atoms with Gasteiger partial charge in [0.25, 0.3) is 23.6 Å².